The van der Waals surface area contributed by atoms with Gasteiger partial charge in [-0.1, -0.05) is 6.07 Å². The van der Waals surface area contributed by atoms with E-state index >= 15 is 0 Å². The summed E-state index contributed by atoms with van der Waals surface area (Å²) in [5.41, 5.74) is 8.58. The monoisotopic (exact) mass is 543 g/mol. The van der Waals surface area contributed by atoms with Gasteiger partial charge in [-0.3, -0.25) is 0 Å². The Morgan fingerprint density at radius 3 is 2.23 bits per heavy atom. The third kappa shape index (κ3) is 5.97. The van der Waals surface area contributed by atoms with Gasteiger partial charge in [0.25, 0.3) is 0 Å². The van der Waals surface area contributed by atoms with Gasteiger partial charge in [0, 0.05) is 45.0 Å². The highest BCUT2D eigenvalue weighted by atomic mass is 127. The summed E-state index contributed by atoms with van der Waals surface area (Å²) in [6.45, 7) is 6.01. The molecule has 0 atom stereocenters. The van der Waals surface area contributed by atoms with Gasteiger partial charge in [0.1, 0.15) is 11.6 Å². The number of ether oxygens (including phenoxy) is 1. The van der Waals surface area contributed by atoms with E-state index in [2.05, 4.69) is 9.89 Å². The third-order valence-corrected chi connectivity index (χ3v) is 5.58. The number of halogens is 3. The average molecular weight is 543 g/mol. The largest absolute Gasteiger partial charge is 0.378 e. The van der Waals surface area contributed by atoms with Crippen LogP contribution in [0.5, 0.6) is 0 Å². The Hall–Kier alpha value is -2.14. The molecule has 9 heteroatoms. The molecule has 0 bridgehead atoms. The van der Waals surface area contributed by atoms with Crippen LogP contribution >= 0.6 is 24.0 Å². The van der Waals surface area contributed by atoms with Gasteiger partial charge in [-0.05, 0) is 42.0 Å². The van der Waals surface area contributed by atoms with E-state index in [1.165, 1.54) is 18.2 Å². The van der Waals surface area contributed by atoms with E-state index < -0.39 is 0 Å². The summed E-state index contributed by atoms with van der Waals surface area (Å²) in [5, 5.41) is 0. The van der Waals surface area contributed by atoms with Crippen LogP contribution in [-0.2, 0) is 11.3 Å². The first-order chi connectivity index (χ1) is 14.6. The van der Waals surface area contributed by atoms with Gasteiger partial charge >= 0.3 is 0 Å². The molecule has 4 rings (SSSR count). The summed E-state index contributed by atoms with van der Waals surface area (Å²) < 4.78 is 33.0. The Morgan fingerprint density at radius 2 is 1.58 bits per heavy atom. The van der Waals surface area contributed by atoms with Crippen LogP contribution in [0.15, 0.2) is 47.5 Å². The Labute approximate surface area is 198 Å². The molecular formula is C22H28F2IN5O. The van der Waals surface area contributed by atoms with Gasteiger partial charge in [-0.25, -0.2) is 13.8 Å². The molecule has 2 aliphatic rings. The number of hydrogen-bond donors (Lipinski definition) is 1. The van der Waals surface area contributed by atoms with Crippen LogP contribution in [0.25, 0.3) is 0 Å². The number of piperazine rings is 1. The summed E-state index contributed by atoms with van der Waals surface area (Å²) in [6, 6.07) is 11.8. The first-order valence-corrected chi connectivity index (χ1v) is 10.3. The lowest BCUT2D eigenvalue weighted by molar-refractivity contribution is 0.122. The van der Waals surface area contributed by atoms with E-state index in [-0.39, 0.29) is 35.6 Å². The number of guanidine groups is 1. The highest BCUT2D eigenvalue weighted by Gasteiger charge is 2.19. The second-order valence-electron chi connectivity index (χ2n) is 7.51. The van der Waals surface area contributed by atoms with Gasteiger partial charge in [0.05, 0.1) is 25.4 Å². The minimum Gasteiger partial charge on any atom is -0.378 e. The molecule has 168 valence electrons. The molecular weight excluding hydrogens is 515 g/mol. The molecule has 0 saturated carbocycles. The lowest BCUT2D eigenvalue weighted by atomic mass is 10.1. The van der Waals surface area contributed by atoms with Crippen molar-refractivity contribution in [3.63, 3.8) is 0 Å². The lowest BCUT2D eigenvalue weighted by Gasteiger charge is -2.36. The Balaban J connectivity index is 0.00000272. The number of anilines is 2. The highest BCUT2D eigenvalue weighted by Crippen LogP contribution is 2.22. The van der Waals surface area contributed by atoms with Crippen molar-refractivity contribution < 1.29 is 13.5 Å². The van der Waals surface area contributed by atoms with Crippen LogP contribution in [0, 0.1) is 11.6 Å². The molecule has 0 radical (unpaired) electrons. The number of morpholine rings is 1. The molecule has 2 aromatic rings. The van der Waals surface area contributed by atoms with E-state index in [9.17, 15) is 8.78 Å². The molecule has 31 heavy (non-hydrogen) atoms. The summed E-state index contributed by atoms with van der Waals surface area (Å²) in [5.74, 6) is -0.00863. The zero-order valence-corrected chi connectivity index (χ0v) is 19.7. The number of nitrogens with zero attached hydrogens (tertiary/aromatic N) is 4. The normalized spacial score (nSPS) is 17.5. The molecule has 0 amide bonds. The van der Waals surface area contributed by atoms with Gasteiger partial charge in [-0.15, -0.1) is 24.0 Å². The SMILES string of the molecule is I.NC(=NCc1ccc(N2CCOCC2)c(F)c1)N1CCN(c2ccc(F)cc2)CC1. The standard InChI is InChI=1S/C22H27F2N5O.HI/c23-18-2-4-19(5-3-18)27-7-9-29(10-8-27)22(25)26-16-17-1-6-21(20(24)15-17)28-11-13-30-14-12-28;/h1-6,15H,7-14,16H2,(H2,25,26);1H. The lowest BCUT2D eigenvalue weighted by Crippen LogP contribution is -2.51. The van der Waals surface area contributed by atoms with Crippen molar-refractivity contribution in [2.75, 3.05) is 62.3 Å². The molecule has 2 N–H and O–H groups in total. The van der Waals surface area contributed by atoms with Crippen molar-refractivity contribution in [1.82, 2.24) is 4.90 Å². The molecule has 2 aliphatic heterocycles. The molecule has 2 fully saturated rings. The molecule has 2 aromatic carbocycles. The number of rotatable bonds is 4. The third-order valence-electron chi connectivity index (χ3n) is 5.58. The van der Waals surface area contributed by atoms with Crippen LogP contribution in [0.2, 0.25) is 0 Å². The second-order valence-corrected chi connectivity index (χ2v) is 7.51. The van der Waals surface area contributed by atoms with E-state index in [0.29, 0.717) is 44.5 Å². The van der Waals surface area contributed by atoms with Crippen molar-refractivity contribution in [1.29, 1.82) is 0 Å². The zero-order valence-electron chi connectivity index (χ0n) is 17.3. The molecule has 0 aliphatic carbocycles. The zero-order chi connectivity index (χ0) is 20.9. The van der Waals surface area contributed by atoms with Crippen LogP contribution < -0.4 is 15.5 Å². The van der Waals surface area contributed by atoms with Crippen molar-refractivity contribution >= 4 is 41.3 Å². The molecule has 2 heterocycles. The molecule has 2 saturated heterocycles. The van der Waals surface area contributed by atoms with E-state index in [0.717, 1.165) is 37.4 Å². The fourth-order valence-corrected chi connectivity index (χ4v) is 3.83. The van der Waals surface area contributed by atoms with Crippen LogP contribution in [0.1, 0.15) is 5.56 Å². The number of aliphatic imine (C=N–C) groups is 1. The predicted octanol–water partition coefficient (Wildman–Crippen LogP) is 3.06. The molecule has 0 spiro atoms. The molecule has 0 unspecified atom stereocenters. The number of benzene rings is 2. The number of nitrogens with two attached hydrogens (primary N) is 1. The van der Waals surface area contributed by atoms with Crippen LogP contribution in [-0.4, -0.2) is 63.3 Å². The maximum absolute atomic E-state index is 14.5. The van der Waals surface area contributed by atoms with Crippen molar-refractivity contribution in [2.45, 2.75) is 6.54 Å². The molecule has 6 nitrogen and oxygen atoms in total. The van der Waals surface area contributed by atoms with E-state index in [1.807, 2.05) is 21.9 Å². The fraction of sp³-hybridized carbons (Fsp3) is 0.409. The fourth-order valence-electron chi connectivity index (χ4n) is 3.83. The predicted molar refractivity (Wildman–Crippen MR) is 130 cm³/mol. The summed E-state index contributed by atoms with van der Waals surface area (Å²) in [7, 11) is 0. The average Bonchev–Trinajstić information content (AvgIpc) is 2.79. The van der Waals surface area contributed by atoms with E-state index in [1.54, 1.807) is 12.1 Å². The quantitative estimate of drug-likeness (QED) is 0.365. The van der Waals surface area contributed by atoms with Crippen LogP contribution in [0.3, 0.4) is 0 Å². The molecule has 0 aromatic heterocycles. The Bertz CT molecular complexity index is 882. The van der Waals surface area contributed by atoms with Gasteiger partial charge in [-0.2, -0.15) is 0 Å². The second kappa shape index (κ2) is 10.9. The first-order valence-electron chi connectivity index (χ1n) is 10.3. The van der Waals surface area contributed by atoms with Gasteiger partial charge < -0.3 is 25.2 Å². The minimum absolute atomic E-state index is 0. The summed E-state index contributed by atoms with van der Waals surface area (Å²) >= 11 is 0. The summed E-state index contributed by atoms with van der Waals surface area (Å²) in [6.07, 6.45) is 0. The van der Waals surface area contributed by atoms with Crippen molar-refractivity contribution in [3.8, 4) is 0 Å². The Kier molecular flexibility index (Phi) is 8.30. The highest BCUT2D eigenvalue weighted by molar-refractivity contribution is 14.0. The van der Waals surface area contributed by atoms with E-state index in [4.69, 9.17) is 10.5 Å². The van der Waals surface area contributed by atoms with Gasteiger partial charge in [0.15, 0.2) is 5.96 Å². The maximum Gasteiger partial charge on any atom is 0.191 e. The topological polar surface area (TPSA) is 57.3 Å². The van der Waals surface area contributed by atoms with Crippen molar-refractivity contribution in [2.24, 2.45) is 10.7 Å². The maximum atomic E-state index is 14.5. The van der Waals surface area contributed by atoms with Crippen LogP contribution in [0.4, 0.5) is 20.2 Å². The summed E-state index contributed by atoms with van der Waals surface area (Å²) in [4.78, 5) is 10.7. The smallest absolute Gasteiger partial charge is 0.191 e. The first kappa shape index (κ1) is 23.5. The van der Waals surface area contributed by atoms with Crippen molar-refractivity contribution in [3.05, 3.63) is 59.7 Å². The van der Waals surface area contributed by atoms with Gasteiger partial charge in [0.2, 0.25) is 0 Å². The Morgan fingerprint density at radius 1 is 0.903 bits per heavy atom. The number of hydrogen-bond acceptors (Lipinski definition) is 4. The minimum atomic E-state index is -0.240.